The van der Waals surface area contributed by atoms with Crippen molar-refractivity contribution in [3.63, 3.8) is 0 Å². The number of ether oxygens (including phenoxy) is 2. The number of piperazine rings is 1. The van der Waals surface area contributed by atoms with E-state index in [1.165, 1.54) is 0 Å². The van der Waals surface area contributed by atoms with E-state index in [-0.39, 0.29) is 17.8 Å². The monoisotopic (exact) mass is 388 g/mol. The number of amides is 2. The zero-order chi connectivity index (χ0) is 20.3. The summed E-state index contributed by atoms with van der Waals surface area (Å²) in [5, 5.41) is 0.643. The second-order valence-electron chi connectivity index (χ2n) is 6.79. The minimum absolute atomic E-state index is 0.00158. The lowest BCUT2D eigenvalue weighted by atomic mass is 10.1. The summed E-state index contributed by atoms with van der Waals surface area (Å²) in [5.74, 6) is 0.196. The third-order valence-corrected chi connectivity index (χ3v) is 4.40. The summed E-state index contributed by atoms with van der Waals surface area (Å²) in [5.41, 5.74) is -0.339. The van der Waals surface area contributed by atoms with Crippen LogP contribution in [0.4, 0.5) is 4.79 Å². The van der Waals surface area contributed by atoms with Crippen LogP contribution in [0.25, 0.3) is 11.0 Å². The predicted molar refractivity (Wildman–Crippen MR) is 103 cm³/mol. The third-order valence-electron chi connectivity index (χ3n) is 4.40. The molecular formula is C20H24N2O6. The lowest BCUT2D eigenvalue weighted by molar-refractivity contribution is 0.0567. The van der Waals surface area contributed by atoms with E-state index in [2.05, 4.69) is 0 Å². The summed E-state index contributed by atoms with van der Waals surface area (Å²) in [7, 11) is 0. The highest BCUT2D eigenvalue weighted by molar-refractivity contribution is 5.97. The molecule has 8 nitrogen and oxygen atoms in total. The van der Waals surface area contributed by atoms with Crippen molar-refractivity contribution in [2.24, 2.45) is 0 Å². The largest absolute Gasteiger partial charge is 0.491 e. The molecule has 0 atom stereocenters. The molecule has 8 heteroatoms. The van der Waals surface area contributed by atoms with Crippen LogP contribution in [0, 0.1) is 0 Å². The molecule has 0 saturated carbocycles. The fourth-order valence-corrected chi connectivity index (χ4v) is 3.06. The van der Waals surface area contributed by atoms with E-state index < -0.39 is 11.5 Å². The summed E-state index contributed by atoms with van der Waals surface area (Å²) >= 11 is 0. The maximum atomic E-state index is 12.8. The van der Waals surface area contributed by atoms with Crippen molar-refractivity contribution in [1.29, 1.82) is 0 Å². The van der Waals surface area contributed by atoms with Gasteiger partial charge in [0.1, 0.15) is 16.9 Å². The molecule has 0 unspecified atom stereocenters. The summed E-state index contributed by atoms with van der Waals surface area (Å²) in [6, 6.07) is 6.71. The molecule has 1 aromatic carbocycles. The van der Waals surface area contributed by atoms with E-state index in [1.54, 1.807) is 41.0 Å². The molecule has 1 aliphatic rings. The van der Waals surface area contributed by atoms with Crippen LogP contribution < -0.4 is 10.4 Å². The van der Waals surface area contributed by atoms with Crippen LogP contribution in [0.2, 0.25) is 0 Å². The number of carbonyl (C=O) groups is 2. The average Bonchev–Trinajstić information content (AvgIpc) is 2.66. The lowest BCUT2D eigenvalue weighted by Crippen LogP contribution is -2.51. The Balaban J connectivity index is 1.76. The Labute approximate surface area is 162 Å². The van der Waals surface area contributed by atoms with E-state index in [9.17, 15) is 14.4 Å². The molecule has 0 N–H and O–H groups in total. The van der Waals surface area contributed by atoms with E-state index >= 15 is 0 Å². The number of hydrogen-bond donors (Lipinski definition) is 0. The Morgan fingerprint density at radius 3 is 2.43 bits per heavy atom. The Hall–Kier alpha value is -3.03. The number of fused-ring (bicyclic) bond motifs is 1. The lowest BCUT2D eigenvalue weighted by Gasteiger charge is -2.33. The van der Waals surface area contributed by atoms with Gasteiger partial charge in [-0.15, -0.1) is 0 Å². The SMILES string of the molecule is CCOC(=O)N1CCN(C(=O)c2cc3ccc(OC(C)C)cc3oc2=O)CC1. The van der Waals surface area contributed by atoms with Crippen LogP contribution in [0.1, 0.15) is 31.1 Å². The number of benzene rings is 1. The van der Waals surface area contributed by atoms with E-state index in [0.29, 0.717) is 49.5 Å². The zero-order valence-electron chi connectivity index (χ0n) is 16.3. The Morgan fingerprint density at radius 2 is 1.79 bits per heavy atom. The molecule has 28 heavy (non-hydrogen) atoms. The smallest absolute Gasteiger partial charge is 0.409 e. The van der Waals surface area contributed by atoms with Gasteiger partial charge < -0.3 is 23.7 Å². The Morgan fingerprint density at radius 1 is 1.11 bits per heavy atom. The number of rotatable bonds is 4. The fourth-order valence-electron chi connectivity index (χ4n) is 3.06. The van der Waals surface area contributed by atoms with Crippen molar-refractivity contribution >= 4 is 23.0 Å². The first-order valence-corrected chi connectivity index (χ1v) is 9.34. The molecule has 150 valence electrons. The zero-order valence-corrected chi connectivity index (χ0v) is 16.3. The molecule has 1 saturated heterocycles. The van der Waals surface area contributed by atoms with Crippen LogP contribution in [-0.4, -0.2) is 60.7 Å². The summed E-state index contributed by atoms with van der Waals surface area (Å²) in [6.07, 6.45) is -0.391. The minimum Gasteiger partial charge on any atom is -0.491 e. The minimum atomic E-state index is -0.688. The normalized spacial score (nSPS) is 14.4. The molecule has 2 aromatic rings. The molecule has 3 rings (SSSR count). The second kappa shape index (κ2) is 8.33. The molecule has 1 fully saturated rings. The first-order valence-electron chi connectivity index (χ1n) is 9.34. The van der Waals surface area contributed by atoms with Crippen molar-refractivity contribution in [2.75, 3.05) is 32.8 Å². The molecule has 1 aromatic heterocycles. The van der Waals surface area contributed by atoms with Gasteiger partial charge >= 0.3 is 11.7 Å². The molecule has 1 aliphatic heterocycles. The number of nitrogens with zero attached hydrogens (tertiary/aromatic N) is 2. The topological polar surface area (TPSA) is 89.3 Å². The third kappa shape index (κ3) is 4.27. The Bertz CT molecular complexity index is 928. The maximum absolute atomic E-state index is 12.8. The number of carbonyl (C=O) groups excluding carboxylic acids is 2. The van der Waals surface area contributed by atoms with Gasteiger partial charge in [0.25, 0.3) is 5.91 Å². The van der Waals surface area contributed by atoms with Gasteiger partial charge in [-0.2, -0.15) is 0 Å². The van der Waals surface area contributed by atoms with Gasteiger partial charge in [-0.1, -0.05) is 0 Å². The van der Waals surface area contributed by atoms with Gasteiger partial charge in [-0.3, -0.25) is 4.79 Å². The summed E-state index contributed by atoms with van der Waals surface area (Å²) in [4.78, 5) is 40.0. The van der Waals surface area contributed by atoms with E-state index in [4.69, 9.17) is 13.9 Å². The van der Waals surface area contributed by atoms with Crippen molar-refractivity contribution in [3.8, 4) is 5.75 Å². The Kier molecular flexibility index (Phi) is 5.87. The average molecular weight is 388 g/mol. The van der Waals surface area contributed by atoms with Gasteiger partial charge in [-0.25, -0.2) is 9.59 Å². The van der Waals surface area contributed by atoms with Crippen LogP contribution in [0.15, 0.2) is 33.5 Å². The maximum Gasteiger partial charge on any atom is 0.409 e. The van der Waals surface area contributed by atoms with E-state index in [1.807, 2.05) is 13.8 Å². The fraction of sp³-hybridized carbons (Fsp3) is 0.450. The molecule has 0 spiro atoms. The van der Waals surface area contributed by atoms with Gasteiger partial charge in [0.2, 0.25) is 0 Å². The highest BCUT2D eigenvalue weighted by Gasteiger charge is 2.27. The van der Waals surface area contributed by atoms with Gasteiger partial charge in [0, 0.05) is 37.6 Å². The molecule has 0 radical (unpaired) electrons. The van der Waals surface area contributed by atoms with Crippen LogP contribution in [0.3, 0.4) is 0 Å². The number of hydrogen-bond acceptors (Lipinski definition) is 6. The molecule has 0 aliphatic carbocycles. The second-order valence-corrected chi connectivity index (χ2v) is 6.79. The summed E-state index contributed by atoms with van der Waals surface area (Å²) in [6.45, 7) is 7.24. The standard InChI is InChI=1S/C20H24N2O6/c1-4-26-20(25)22-9-7-21(8-10-22)18(23)16-11-14-5-6-15(27-13(2)3)12-17(14)28-19(16)24/h5-6,11-13H,4,7-10H2,1-3H3. The van der Waals surface area contributed by atoms with Crippen molar-refractivity contribution < 1.29 is 23.5 Å². The molecular weight excluding hydrogens is 364 g/mol. The van der Waals surface area contributed by atoms with Gasteiger partial charge in [0.05, 0.1) is 12.7 Å². The predicted octanol–water partition coefficient (Wildman–Crippen LogP) is 2.49. The van der Waals surface area contributed by atoms with Crippen LogP contribution in [-0.2, 0) is 4.74 Å². The van der Waals surface area contributed by atoms with Crippen molar-refractivity contribution in [3.05, 3.63) is 40.2 Å². The van der Waals surface area contributed by atoms with Crippen LogP contribution in [0.5, 0.6) is 5.75 Å². The first-order chi connectivity index (χ1) is 13.4. The highest BCUT2D eigenvalue weighted by Crippen LogP contribution is 2.22. The first kappa shape index (κ1) is 19.7. The molecule has 2 amide bonds. The van der Waals surface area contributed by atoms with E-state index in [0.717, 1.165) is 0 Å². The highest BCUT2D eigenvalue weighted by atomic mass is 16.6. The summed E-state index contributed by atoms with van der Waals surface area (Å²) < 4.78 is 15.9. The molecule has 0 bridgehead atoms. The van der Waals surface area contributed by atoms with Gasteiger partial charge in [-0.05, 0) is 39.0 Å². The van der Waals surface area contributed by atoms with Crippen molar-refractivity contribution in [2.45, 2.75) is 26.9 Å². The van der Waals surface area contributed by atoms with Crippen LogP contribution >= 0.6 is 0 Å². The van der Waals surface area contributed by atoms with Gasteiger partial charge in [0.15, 0.2) is 0 Å². The molecule has 2 heterocycles. The quantitative estimate of drug-likeness (QED) is 0.748. The van der Waals surface area contributed by atoms with Crippen molar-refractivity contribution in [1.82, 2.24) is 9.80 Å².